The molecule has 0 rings (SSSR count). The first-order chi connectivity index (χ1) is 3.85. The minimum Gasteiger partial charge on any atom is -0.0629 e. The molecule has 0 saturated carbocycles. The normalized spacial score (nSPS) is 16.3. The first-order valence-electron chi connectivity index (χ1n) is 3.71. The predicted octanol–water partition coefficient (Wildman–Crippen LogP) is 2.11. The summed E-state index contributed by atoms with van der Waals surface area (Å²) < 4.78 is 0. The van der Waals surface area contributed by atoms with E-state index in [2.05, 4.69) is 44.9 Å². The van der Waals surface area contributed by atoms with E-state index in [0.717, 1.165) is 11.8 Å². The van der Waals surface area contributed by atoms with Crippen LogP contribution in [0.25, 0.3) is 0 Å². The lowest BCUT2D eigenvalue weighted by Gasteiger charge is -2.30. The minimum atomic E-state index is 0.508. The van der Waals surface area contributed by atoms with E-state index >= 15 is 0 Å². The molecule has 9 heavy (non-hydrogen) atoms. The first-order valence-corrected chi connectivity index (χ1v) is 4.41. The highest BCUT2D eigenvalue weighted by atomic mass is 28.1. The highest BCUT2D eigenvalue weighted by molar-refractivity contribution is 6.14. The molecule has 0 aliphatic rings. The SMILES string of the molecule is CC(C)C(C)C(C)(C)[SiH2]. The van der Waals surface area contributed by atoms with Crippen LogP contribution in [0.5, 0.6) is 0 Å². The van der Waals surface area contributed by atoms with Crippen molar-refractivity contribution in [2.24, 2.45) is 11.8 Å². The molecule has 0 aliphatic carbocycles. The molecular weight excluding hydrogens is 124 g/mol. The van der Waals surface area contributed by atoms with E-state index in [1.54, 1.807) is 0 Å². The van der Waals surface area contributed by atoms with Gasteiger partial charge in [-0.25, -0.2) is 0 Å². The molecular formula is C8H19Si. The van der Waals surface area contributed by atoms with Gasteiger partial charge in [-0.3, -0.25) is 0 Å². The summed E-state index contributed by atoms with van der Waals surface area (Å²) in [6.45, 7) is 11.5. The van der Waals surface area contributed by atoms with Crippen molar-refractivity contribution in [2.75, 3.05) is 0 Å². The Hall–Kier alpha value is 0.217. The van der Waals surface area contributed by atoms with Gasteiger partial charge < -0.3 is 0 Å². The standard InChI is InChI=1S/C8H19Si/c1-6(2)7(3)8(4,5)9/h6-7H,9H2,1-5H3. The Bertz CT molecular complexity index is 79.1. The quantitative estimate of drug-likeness (QED) is 0.519. The molecule has 0 bridgehead atoms. The van der Waals surface area contributed by atoms with Gasteiger partial charge in [-0.2, -0.15) is 0 Å². The molecule has 0 aromatic rings. The molecule has 1 radical (unpaired) electrons. The molecule has 0 heterocycles. The highest BCUT2D eigenvalue weighted by Gasteiger charge is 2.22. The zero-order valence-corrected chi connectivity index (χ0v) is 8.78. The van der Waals surface area contributed by atoms with Crippen LogP contribution in [0.1, 0.15) is 34.6 Å². The summed E-state index contributed by atoms with van der Waals surface area (Å²) in [5.41, 5.74) is 0. The fraction of sp³-hybridized carbons (Fsp3) is 1.00. The van der Waals surface area contributed by atoms with Crippen molar-refractivity contribution in [1.29, 1.82) is 0 Å². The van der Waals surface area contributed by atoms with Gasteiger partial charge in [0.05, 0.1) is 0 Å². The third kappa shape index (κ3) is 3.04. The second-order valence-corrected chi connectivity index (χ2v) is 5.84. The molecule has 0 aliphatic heterocycles. The molecule has 0 aromatic carbocycles. The predicted molar refractivity (Wildman–Crippen MR) is 46.6 cm³/mol. The van der Waals surface area contributed by atoms with Gasteiger partial charge in [0, 0.05) is 10.2 Å². The van der Waals surface area contributed by atoms with E-state index < -0.39 is 0 Å². The van der Waals surface area contributed by atoms with Crippen LogP contribution in [0.3, 0.4) is 0 Å². The Kier molecular flexibility index (Phi) is 2.94. The van der Waals surface area contributed by atoms with Crippen molar-refractivity contribution in [2.45, 2.75) is 39.7 Å². The molecule has 55 valence electrons. The van der Waals surface area contributed by atoms with Crippen molar-refractivity contribution in [3.8, 4) is 0 Å². The van der Waals surface area contributed by atoms with Crippen LogP contribution in [0.4, 0.5) is 0 Å². The maximum atomic E-state index is 2.33. The van der Waals surface area contributed by atoms with Crippen LogP contribution < -0.4 is 0 Å². The van der Waals surface area contributed by atoms with Crippen LogP contribution in [0, 0.1) is 11.8 Å². The van der Waals surface area contributed by atoms with E-state index in [0.29, 0.717) is 5.04 Å². The van der Waals surface area contributed by atoms with Crippen LogP contribution in [0.2, 0.25) is 5.04 Å². The molecule has 1 unspecified atom stereocenters. The molecule has 0 aromatic heterocycles. The van der Waals surface area contributed by atoms with Gasteiger partial charge >= 0.3 is 0 Å². The molecule has 0 fully saturated rings. The van der Waals surface area contributed by atoms with Crippen LogP contribution in [-0.4, -0.2) is 10.2 Å². The van der Waals surface area contributed by atoms with Gasteiger partial charge in [0.1, 0.15) is 0 Å². The minimum absolute atomic E-state index is 0.508. The highest BCUT2D eigenvalue weighted by Crippen LogP contribution is 2.34. The summed E-state index contributed by atoms with van der Waals surface area (Å²) in [5, 5.41) is 0.508. The van der Waals surface area contributed by atoms with Crippen molar-refractivity contribution in [1.82, 2.24) is 0 Å². The number of hydrogen-bond donors (Lipinski definition) is 0. The van der Waals surface area contributed by atoms with Gasteiger partial charge in [-0.15, -0.1) is 0 Å². The third-order valence-electron chi connectivity index (χ3n) is 2.23. The Morgan fingerprint density at radius 1 is 1.11 bits per heavy atom. The Morgan fingerprint density at radius 3 is 1.44 bits per heavy atom. The zero-order chi connectivity index (χ0) is 7.65. The zero-order valence-electron chi connectivity index (χ0n) is 7.36. The summed E-state index contributed by atoms with van der Waals surface area (Å²) in [7, 11) is 2.10. The second kappa shape index (κ2) is 2.87. The van der Waals surface area contributed by atoms with Gasteiger partial charge in [-0.05, 0) is 16.9 Å². The fourth-order valence-electron chi connectivity index (χ4n) is 0.902. The van der Waals surface area contributed by atoms with E-state index in [1.807, 2.05) is 0 Å². The third-order valence-corrected chi connectivity index (χ3v) is 2.88. The first kappa shape index (κ1) is 9.22. The molecule has 0 amide bonds. The van der Waals surface area contributed by atoms with Crippen molar-refractivity contribution in [3.05, 3.63) is 0 Å². The van der Waals surface area contributed by atoms with Crippen LogP contribution in [0.15, 0.2) is 0 Å². The summed E-state index contributed by atoms with van der Waals surface area (Å²) >= 11 is 0. The maximum absolute atomic E-state index is 2.33. The monoisotopic (exact) mass is 143 g/mol. The summed E-state index contributed by atoms with van der Waals surface area (Å²) in [4.78, 5) is 0. The Labute approximate surface area is 62.5 Å². The molecule has 0 saturated heterocycles. The van der Waals surface area contributed by atoms with Crippen molar-refractivity contribution < 1.29 is 0 Å². The van der Waals surface area contributed by atoms with Crippen LogP contribution >= 0.6 is 0 Å². The average Bonchev–Trinajstić information content (AvgIpc) is 1.62. The molecule has 0 nitrogen and oxygen atoms in total. The van der Waals surface area contributed by atoms with E-state index in [9.17, 15) is 0 Å². The fourth-order valence-corrected chi connectivity index (χ4v) is 1.37. The smallest absolute Gasteiger partial charge is 0.0159 e. The second-order valence-electron chi connectivity index (χ2n) is 4.02. The molecule has 0 N–H and O–H groups in total. The topological polar surface area (TPSA) is 0 Å². The van der Waals surface area contributed by atoms with E-state index in [4.69, 9.17) is 0 Å². The maximum Gasteiger partial charge on any atom is 0.0159 e. The lowest BCUT2D eigenvalue weighted by atomic mass is 9.86. The Morgan fingerprint density at radius 2 is 1.44 bits per heavy atom. The van der Waals surface area contributed by atoms with Gasteiger partial charge in [-0.1, -0.05) is 34.6 Å². The van der Waals surface area contributed by atoms with Gasteiger partial charge in [0.25, 0.3) is 0 Å². The van der Waals surface area contributed by atoms with E-state index in [1.165, 1.54) is 0 Å². The Balaban J connectivity index is 3.88. The number of hydrogen-bond acceptors (Lipinski definition) is 0. The summed E-state index contributed by atoms with van der Waals surface area (Å²) in [6.07, 6.45) is 0. The van der Waals surface area contributed by atoms with Crippen LogP contribution in [-0.2, 0) is 0 Å². The van der Waals surface area contributed by atoms with Gasteiger partial charge in [0.2, 0.25) is 0 Å². The molecule has 1 atom stereocenters. The molecule has 1 heteroatoms. The van der Waals surface area contributed by atoms with Crippen molar-refractivity contribution >= 4 is 10.2 Å². The van der Waals surface area contributed by atoms with E-state index in [-0.39, 0.29) is 0 Å². The van der Waals surface area contributed by atoms with Crippen molar-refractivity contribution in [3.63, 3.8) is 0 Å². The average molecular weight is 143 g/mol. The summed E-state index contributed by atoms with van der Waals surface area (Å²) in [6, 6.07) is 0. The lowest BCUT2D eigenvalue weighted by Crippen LogP contribution is -2.19. The van der Waals surface area contributed by atoms with Gasteiger partial charge in [0.15, 0.2) is 0 Å². The number of rotatable bonds is 2. The lowest BCUT2D eigenvalue weighted by molar-refractivity contribution is 0.332. The molecule has 0 spiro atoms. The summed E-state index contributed by atoms with van der Waals surface area (Å²) in [5.74, 6) is 1.65. The largest absolute Gasteiger partial charge is 0.0629 e.